The fraction of sp³-hybridized carbons (Fsp3) is 0.914. The molecule has 1 rings (SSSR count). The molecule has 71 heavy (non-hydrogen) atoms. The molecule has 0 saturated carbocycles. The van der Waals surface area contributed by atoms with Crippen LogP contribution >= 0.6 is 0 Å². The van der Waals surface area contributed by atoms with Gasteiger partial charge < -0.3 is 35.2 Å². The Kier molecular flexibility index (Phi) is 45.9. The molecule has 0 aromatic carbocycles. The lowest BCUT2D eigenvalue weighted by Crippen LogP contribution is -2.61. The summed E-state index contributed by atoms with van der Waals surface area (Å²) >= 11 is 0. The standard InChI is InChI=1S/C58H111NO11S/c1-3-5-7-9-11-13-15-17-19-21-23-25-26-28-29-31-33-35-37-39-41-43-45-47-52(61)51(50-68-58-56(64)57(70-71(65,66)67)55(63)53(49-60)69-58)59-54(62)48-46-44-42-40-38-36-34-32-30-27-24-22-20-18-16-14-12-10-8-6-4-2/h6,8,12,14,51-53,55-58,60-61,63-64H,3-5,7,9-11,13,15-50H2,1-2H3,(H,59,62)(H,65,66,67)/b8-6-,14-12-. The van der Waals surface area contributed by atoms with Gasteiger partial charge in [-0.15, -0.1) is 0 Å². The molecule has 0 aliphatic carbocycles. The Morgan fingerprint density at radius 1 is 0.577 bits per heavy atom. The molecule has 0 spiro atoms. The van der Waals surface area contributed by atoms with Crippen molar-refractivity contribution in [2.45, 2.75) is 326 Å². The summed E-state index contributed by atoms with van der Waals surface area (Å²) in [5.74, 6) is -0.226. The number of hydrogen-bond donors (Lipinski definition) is 6. The van der Waals surface area contributed by atoms with Gasteiger partial charge in [0.25, 0.3) is 0 Å². The summed E-state index contributed by atoms with van der Waals surface area (Å²) < 4.78 is 48.0. The van der Waals surface area contributed by atoms with E-state index in [4.69, 9.17) is 9.47 Å². The lowest BCUT2D eigenvalue weighted by Gasteiger charge is -2.41. The van der Waals surface area contributed by atoms with Crippen molar-refractivity contribution in [2.75, 3.05) is 13.2 Å². The minimum absolute atomic E-state index is 0.226. The van der Waals surface area contributed by atoms with Crippen molar-refractivity contribution in [3.63, 3.8) is 0 Å². The van der Waals surface area contributed by atoms with Gasteiger partial charge in [0.1, 0.15) is 24.4 Å². The molecule has 1 fully saturated rings. The van der Waals surface area contributed by atoms with Crippen molar-refractivity contribution in [1.29, 1.82) is 0 Å². The first-order valence-corrected chi connectivity index (χ1v) is 31.1. The van der Waals surface area contributed by atoms with Crippen LogP contribution in [0.2, 0.25) is 0 Å². The van der Waals surface area contributed by atoms with Crippen LogP contribution < -0.4 is 5.32 Å². The third-order valence-electron chi connectivity index (χ3n) is 14.3. The summed E-state index contributed by atoms with van der Waals surface area (Å²) in [5, 5.41) is 45.2. The van der Waals surface area contributed by atoms with Crippen LogP contribution in [0.1, 0.15) is 284 Å². The number of ether oxygens (including phenoxy) is 2. The monoisotopic (exact) mass is 1030 g/mol. The molecule has 1 aliphatic rings. The maximum Gasteiger partial charge on any atom is 0.397 e. The SMILES string of the molecule is CC/C=C\C/C=C\CCCCCCCCCCCCCCCCC(=O)NC(COC1OC(CO)C(O)C(OS(=O)(=O)O)C1O)C(O)CCCCCCCCCCCCCCCCCCCCCCCCC. The Morgan fingerprint density at radius 2 is 0.986 bits per heavy atom. The molecule has 420 valence electrons. The van der Waals surface area contributed by atoms with Crippen LogP contribution in [0.3, 0.4) is 0 Å². The fourth-order valence-electron chi connectivity index (χ4n) is 9.74. The van der Waals surface area contributed by atoms with E-state index in [1.54, 1.807) is 0 Å². The van der Waals surface area contributed by atoms with Gasteiger partial charge in [-0.1, -0.05) is 263 Å². The molecule has 13 heteroatoms. The number of carbonyl (C=O) groups is 1. The van der Waals surface area contributed by atoms with Crippen LogP contribution in [-0.4, -0.2) is 95.4 Å². The van der Waals surface area contributed by atoms with Crippen LogP contribution in [0.5, 0.6) is 0 Å². The number of allylic oxidation sites excluding steroid dienone is 4. The van der Waals surface area contributed by atoms with Crippen molar-refractivity contribution in [3.8, 4) is 0 Å². The zero-order chi connectivity index (χ0) is 51.9. The summed E-state index contributed by atoms with van der Waals surface area (Å²) in [7, 11) is -5.08. The van der Waals surface area contributed by atoms with Gasteiger partial charge in [0.2, 0.25) is 5.91 Å². The third-order valence-corrected chi connectivity index (χ3v) is 14.7. The normalized spacial score (nSPS) is 19.6. The summed E-state index contributed by atoms with van der Waals surface area (Å²) in [4.78, 5) is 13.2. The zero-order valence-corrected chi connectivity index (χ0v) is 46.4. The number of aliphatic hydroxyl groups is 4. The molecule has 0 bridgehead atoms. The molecule has 0 aromatic rings. The van der Waals surface area contributed by atoms with Crippen LogP contribution in [0, 0.1) is 0 Å². The Bertz CT molecular complexity index is 1350. The van der Waals surface area contributed by atoms with E-state index in [9.17, 15) is 38.2 Å². The minimum Gasteiger partial charge on any atom is -0.394 e. The van der Waals surface area contributed by atoms with Gasteiger partial charge in [-0.3, -0.25) is 9.35 Å². The van der Waals surface area contributed by atoms with Crippen molar-refractivity contribution in [2.24, 2.45) is 0 Å². The Labute approximate surface area is 435 Å². The maximum absolute atomic E-state index is 13.2. The average Bonchev–Trinajstić information content (AvgIpc) is 3.34. The number of rotatable bonds is 52. The van der Waals surface area contributed by atoms with Crippen molar-refractivity contribution in [1.82, 2.24) is 5.32 Å². The summed E-state index contributed by atoms with van der Waals surface area (Å²) in [6.45, 7) is 3.40. The smallest absolute Gasteiger partial charge is 0.394 e. The molecular weight excluding hydrogens is 919 g/mol. The highest BCUT2D eigenvalue weighted by molar-refractivity contribution is 7.80. The molecule has 1 amide bonds. The van der Waals surface area contributed by atoms with Crippen molar-refractivity contribution in [3.05, 3.63) is 24.3 Å². The molecule has 6 N–H and O–H groups in total. The predicted octanol–water partition coefficient (Wildman–Crippen LogP) is 14.0. The van der Waals surface area contributed by atoms with Gasteiger partial charge in [-0.25, -0.2) is 4.18 Å². The Morgan fingerprint density at radius 3 is 1.41 bits per heavy atom. The Hall–Kier alpha value is -1.42. The first-order valence-electron chi connectivity index (χ1n) is 29.7. The maximum atomic E-state index is 13.2. The van der Waals surface area contributed by atoms with Gasteiger partial charge in [0.15, 0.2) is 6.29 Å². The molecular formula is C58H111NO11S. The van der Waals surface area contributed by atoms with E-state index in [2.05, 4.69) is 47.7 Å². The summed E-state index contributed by atoms with van der Waals surface area (Å²) in [6.07, 6.45) is 50.4. The van der Waals surface area contributed by atoms with E-state index < -0.39 is 59.9 Å². The highest BCUT2D eigenvalue weighted by atomic mass is 32.3. The van der Waals surface area contributed by atoms with Crippen molar-refractivity contribution >= 4 is 16.3 Å². The highest BCUT2D eigenvalue weighted by Crippen LogP contribution is 2.26. The topological polar surface area (TPSA) is 192 Å². The largest absolute Gasteiger partial charge is 0.397 e. The van der Waals surface area contributed by atoms with Gasteiger partial charge >= 0.3 is 10.4 Å². The molecule has 1 aliphatic heterocycles. The fourth-order valence-corrected chi connectivity index (χ4v) is 10.2. The first-order chi connectivity index (χ1) is 34.5. The average molecular weight is 1030 g/mol. The van der Waals surface area contributed by atoms with Gasteiger partial charge in [0, 0.05) is 6.42 Å². The lowest BCUT2D eigenvalue weighted by atomic mass is 9.99. The van der Waals surface area contributed by atoms with E-state index in [-0.39, 0.29) is 12.5 Å². The molecule has 0 aromatic heterocycles. The second-order valence-electron chi connectivity index (χ2n) is 20.9. The van der Waals surface area contributed by atoms with Gasteiger partial charge in [0.05, 0.1) is 25.4 Å². The second kappa shape index (κ2) is 48.2. The number of hydrogen-bond acceptors (Lipinski definition) is 10. The van der Waals surface area contributed by atoms with E-state index in [0.29, 0.717) is 12.8 Å². The quantitative estimate of drug-likeness (QED) is 0.0193. The van der Waals surface area contributed by atoms with Crippen LogP contribution in [0.25, 0.3) is 0 Å². The number of unbranched alkanes of at least 4 members (excludes halogenated alkanes) is 36. The Balaban J connectivity index is 2.33. The highest BCUT2D eigenvalue weighted by Gasteiger charge is 2.48. The summed E-state index contributed by atoms with van der Waals surface area (Å²) in [5.41, 5.74) is 0. The molecule has 0 radical (unpaired) electrons. The lowest BCUT2D eigenvalue weighted by molar-refractivity contribution is -0.298. The van der Waals surface area contributed by atoms with Gasteiger partial charge in [-0.05, 0) is 38.5 Å². The van der Waals surface area contributed by atoms with Crippen molar-refractivity contribution < 1.29 is 51.8 Å². The van der Waals surface area contributed by atoms with E-state index in [0.717, 1.165) is 64.2 Å². The van der Waals surface area contributed by atoms with Crippen LogP contribution in [-0.2, 0) is 28.9 Å². The molecule has 12 nitrogen and oxygen atoms in total. The second-order valence-corrected chi connectivity index (χ2v) is 22.0. The van der Waals surface area contributed by atoms with Gasteiger partial charge in [-0.2, -0.15) is 8.42 Å². The first kappa shape index (κ1) is 67.6. The minimum atomic E-state index is -5.08. The number of aliphatic hydroxyl groups excluding tert-OH is 4. The molecule has 7 atom stereocenters. The summed E-state index contributed by atoms with van der Waals surface area (Å²) in [6, 6.07) is -0.858. The van der Waals surface area contributed by atoms with Crippen LogP contribution in [0.15, 0.2) is 24.3 Å². The zero-order valence-electron chi connectivity index (χ0n) is 45.6. The van der Waals surface area contributed by atoms with Crippen LogP contribution in [0.4, 0.5) is 0 Å². The number of nitrogens with one attached hydrogen (secondary N) is 1. The van der Waals surface area contributed by atoms with E-state index in [1.807, 2.05) is 0 Å². The molecule has 1 heterocycles. The third kappa shape index (κ3) is 40.6. The number of amides is 1. The molecule has 1 saturated heterocycles. The molecule has 7 unspecified atom stereocenters. The predicted molar refractivity (Wildman–Crippen MR) is 292 cm³/mol. The number of carbonyl (C=O) groups excluding carboxylic acids is 1. The van der Waals surface area contributed by atoms with E-state index >= 15 is 0 Å². The van der Waals surface area contributed by atoms with E-state index in [1.165, 1.54) is 193 Å².